The van der Waals surface area contributed by atoms with E-state index in [0.29, 0.717) is 13.1 Å². The number of likely N-dealkylation sites (tertiary alicyclic amines) is 1. The maximum absolute atomic E-state index is 12.9. The van der Waals surface area contributed by atoms with Crippen molar-refractivity contribution >= 4 is 17.6 Å². The molecule has 0 saturated carbocycles. The van der Waals surface area contributed by atoms with E-state index in [1.807, 2.05) is 61.5 Å². The summed E-state index contributed by atoms with van der Waals surface area (Å²) in [5, 5.41) is 10.1. The molecule has 3 amide bonds. The summed E-state index contributed by atoms with van der Waals surface area (Å²) in [5.41, 5.74) is 2.67. The van der Waals surface area contributed by atoms with Crippen LogP contribution in [0.2, 0.25) is 0 Å². The second-order valence-electron chi connectivity index (χ2n) is 7.74. The molecular weight excluding hydrogens is 392 g/mol. The Labute approximate surface area is 181 Å². The molecule has 0 bridgehead atoms. The van der Waals surface area contributed by atoms with Gasteiger partial charge in [-0.15, -0.1) is 0 Å². The molecule has 160 valence electrons. The Morgan fingerprint density at radius 3 is 2.58 bits per heavy atom. The third-order valence-corrected chi connectivity index (χ3v) is 5.54. The monoisotopic (exact) mass is 418 g/mol. The zero-order valence-electron chi connectivity index (χ0n) is 17.4. The largest absolute Gasteiger partial charge is 0.349 e. The van der Waals surface area contributed by atoms with Crippen molar-refractivity contribution in [3.63, 3.8) is 0 Å². The van der Waals surface area contributed by atoms with Gasteiger partial charge in [0.15, 0.2) is 0 Å². The van der Waals surface area contributed by atoms with Gasteiger partial charge in [0.05, 0.1) is 17.6 Å². The van der Waals surface area contributed by atoms with E-state index in [2.05, 4.69) is 20.7 Å². The number of benzene rings is 2. The van der Waals surface area contributed by atoms with Crippen LogP contribution in [0.15, 0.2) is 67.3 Å². The molecule has 3 aromatic rings. The lowest BCUT2D eigenvalue weighted by Gasteiger charge is -2.32. The Hall–Kier alpha value is -3.68. The molecule has 2 N–H and O–H groups in total. The van der Waals surface area contributed by atoms with Crippen molar-refractivity contribution in [2.45, 2.75) is 25.8 Å². The molecule has 1 saturated heterocycles. The average Bonchev–Trinajstić information content (AvgIpc) is 3.35. The molecule has 2 aromatic carbocycles. The lowest BCUT2D eigenvalue weighted by atomic mass is 9.96. The second-order valence-corrected chi connectivity index (χ2v) is 7.74. The van der Waals surface area contributed by atoms with E-state index in [-0.39, 0.29) is 23.9 Å². The van der Waals surface area contributed by atoms with E-state index in [1.54, 1.807) is 15.9 Å². The van der Waals surface area contributed by atoms with Crippen molar-refractivity contribution in [1.29, 1.82) is 0 Å². The minimum atomic E-state index is -0.216. The number of para-hydroxylation sites is 1. The highest BCUT2D eigenvalue weighted by Crippen LogP contribution is 2.21. The molecule has 1 aliphatic heterocycles. The predicted molar refractivity (Wildman–Crippen MR) is 118 cm³/mol. The maximum atomic E-state index is 12.9. The van der Waals surface area contributed by atoms with Gasteiger partial charge in [-0.25, -0.2) is 14.5 Å². The van der Waals surface area contributed by atoms with Crippen LogP contribution in [-0.4, -0.2) is 44.7 Å². The van der Waals surface area contributed by atoms with Crippen LogP contribution in [0.3, 0.4) is 0 Å². The Balaban J connectivity index is 1.32. The molecule has 2 atom stereocenters. The van der Waals surface area contributed by atoms with Crippen molar-refractivity contribution in [3.05, 3.63) is 72.8 Å². The van der Waals surface area contributed by atoms with Crippen LogP contribution in [0.1, 0.15) is 31.4 Å². The number of rotatable bonds is 5. The molecule has 0 radical (unpaired) electrons. The lowest BCUT2D eigenvalue weighted by molar-refractivity contribution is -0.126. The molecule has 4 rings (SSSR count). The highest BCUT2D eigenvalue weighted by atomic mass is 16.2. The number of aromatic nitrogens is 3. The molecule has 31 heavy (non-hydrogen) atoms. The van der Waals surface area contributed by atoms with Crippen molar-refractivity contribution in [2.75, 3.05) is 18.4 Å². The summed E-state index contributed by atoms with van der Waals surface area (Å²) < 4.78 is 1.68. The number of hydrogen-bond donors (Lipinski definition) is 2. The molecule has 8 nitrogen and oxygen atoms in total. The number of anilines is 1. The van der Waals surface area contributed by atoms with Crippen LogP contribution in [0.25, 0.3) is 5.69 Å². The van der Waals surface area contributed by atoms with Crippen LogP contribution in [0.4, 0.5) is 10.5 Å². The highest BCUT2D eigenvalue weighted by molar-refractivity contribution is 5.90. The topological polar surface area (TPSA) is 92.2 Å². The van der Waals surface area contributed by atoms with Crippen LogP contribution in [-0.2, 0) is 4.79 Å². The summed E-state index contributed by atoms with van der Waals surface area (Å²) in [6, 6.07) is 16.9. The van der Waals surface area contributed by atoms with Crippen LogP contribution >= 0.6 is 0 Å². The molecule has 2 heterocycles. The van der Waals surface area contributed by atoms with Gasteiger partial charge in [-0.1, -0.05) is 30.3 Å². The summed E-state index contributed by atoms with van der Waals surface area (Å²) in [4.78, 5) is 31.1. The van der Waals surface area contributed by atoms with Crippen molar-refractivity contribution < 1.29 is 9.59 Å². The molecule has 1 aliphatic rings. The number of nitrogens with one attached hydrogen (secondary N) is 2. The number of hydrogen-bond acceptors (Lipinski definition) is 4. The third-order valence-electron chi connectivity index (χ3n) is 5.54. The Kier molecular flexibility index (Phi) is 6.26. The molecule has 0 spiro atoms. The average molecular weight is 419 g/mol. The van der Waals surface area contributed by atoms with Gasteiger partial charge < -0.3 is 15.5 Å². The minimum absolute atomic E-state index is 0.0231. The summed E-state index contributed by atoms with van der Waals surface area (Å²) in [7, 11) is 0. The number of carbonyl (C=O) groups is 2. The van der Waals surface area contributed by atoms with E-state index >= 15 is 0 Å². The molecular formula is C23H26N6O2. The fraction of sp³-hybridized carbons (Fsp3) is 0.304. The van der Waals surface area contributed by atoms with Gasteiger partial charge >= 0.3 is 6.03 Å². The minimum Gasteiger partial charge on any atom is -0.349 e. The maximum Gasteiger partial charge on any atom is 0.321 e. The summed E-state index contributed by atoms with van der Waals surface area (Å²) in [5.74, 6) is -0.239. The van der Waals surface area contributed by atoms with E-state index < -0.39 is 0 Å². The predicted octanol–water partition coefficient (Wildman–Crippen LogP) is 3.39. The van der Waals surface area contributed by atoms with Gasteiger partial charge in [-0.05, 0) is 49.6 Å². The first-order chi connectivity index (χ1) is 15.1. The van der Waals surface area contributed by atoms with E-state index in [1.165, 1.54) is 6.33 Å². The van der Waals surface area contributed by atoms with Gasteiger partial charge in [0.2, 0.25) is 5.91 Å². The fourth-order valence-corrected chi connectivity index (χ4v) is 3.77. The molecule has 2 unspecified atom stereocenters. The van der Waals surface area contributed by atoms with Crippen molar-refractivity contribution in [1.82, 2.24) is 25.0 Å². The number of amides is 3. The highest BCUT2D eigenvalue weighted by Gasteiger charge is 2.29. The number of carbonyl (C=O) groups excluding carboxylic acids is 2. The summed E-state index contributed by atoms with van der Waals surface area (Å²) in [6.45, 7) is 3.04. The first-order valence-electron chi connectivity index (χ1n) is 10.5. The van der Waals surface area contributed by atoms with Crippen LogP contribution in [0.5, 0.6) is 0 Å². The van der Waals surface area contributed by atoms with Crippen LogP contribution in [0, 0.1) is 5.92 Å². The van der Waals surface area contributed by atoms with E-state index in [4.69, 9.17) is 0 Å². The smallest absolute Gasteiger partial charge is 0.321 e. The normalized spacial score (nSPS) is 17.1. The molecule has 1 aromatic heterocycles. The van der Waals surface area contributed by atoms with Gasteiger partial charge in [-0.3, -0.25) is 4.79 Å². The zero-order chi connectivity index (χ0) is 21.6. The number of nitrogens with zero attached hydrogens (tertiary/aromatic N) is 4. The first kappa shape index (κ1) is 20.6. The SMILES string of the molecule is CC(NC(=O)C1CCCN(C(=O)Nc2ccccc2)C1)c1ccc(-n2cncn2)cc1. The Bertz CT molecular complexity index is 1000. The first-order valence-corrected chi connectivity index (χ1v) is 10.5. The number of urea groups is 1. The quantitative estimate of drug-likeness (QED) is 0.664. The zero-order valence-corrected chi connectivity index (χ0v) is 17.4. The third kappa shape index (κ3) is 5.09. The van der Waals surface area contributed by atoms with Gasteiger partial charge in [0.1, 0.15) is 12.7 Å². The molecule has 0 aliphatic carbocycles. The second kappa shape index (κ2) is 9.42. The molecule has 8 heteroatoms. The number of piperidine rings is 1. The van der Waals surface area contributed by atoms with Crippen molar-refractivity contribution in [2.24, 2.45) is 5.92 Å². The summed E-state index contributed by atoms with van der Waals surface area (Å²) >= 11 is 0. The van der Waals surface area contributed by atoms with Gasteiger partial charge in [-0.2, -0.15) is 5.10 Å². The van der Waals surface area contributed by atoms with E-state index in [0.717, 1.165) is 29.8 Å². The van der Waals surface area contributed by atoms with E-state index in [9.17, 15) is 9.59 Å². The Morgan fingerprint density at radius 1 is 1.10 bits per heavy atom. The summed E-state index contributed by atoms with van der Waals surface area (Å²) in [6.07, 6.45) is 4.72. The van der Waals surface area contributed by atoms with Crippen LogP contribution < -0.4 is 10.6 Å². The van der Waals surface area contributed by atoms with Gasteiger partial charge in [0.25, 0.3) is 0 Å². The standard InChI is InChI=1S/C23H26N6O2/c1-17(18-9-11-21(12-10-18)29-16-24-15-25-29)26-22(30)19-6-5-13-28(14-19)23(31)27-20-7-3-2-4-8-20/h2-4,7-12,15-17,19H,5-6,13-14H2,1H3,(H,26,30)(H,27,31). The van der Waals surface area contributed by atoms with Crippen molar-refractivity contribution in [3.8, 4) is 5.69 Å². The lowest BCUT2D eigenvalue weighted by Crippen LogP contribution is -2.47. The van der Waals surface area contributed by atoms with Gasteiger partial charge in [0, 0.05) is 18.8 Å². The fourth-order valence-electron chi connectivity index (χ4n) is 3.77. The molecule has 1 fully saturated rings. The Morgan fingerprint density at radius 2 is 1.87 bits per heavy atom.